The highest BCUT2D eigenvalue weighted by atomic mass is 35.5. The number of carbonyl (C=O) groups is 1. The zero-order valence-electron chi connectivity index (χ0n) is 22.2. The first-order chi connectivity index (χ1) is 18.1. The van der Waals surface area contributed by atoms with Gasteiger partial charge in [0.15, 0.2) is 12.0 Å². The number of thiazole rings is 1. The first-order valence-corrected chi connectivity index (χ1v) is 12.2. The molecule has 0 bridgehead atoms. The van der Waals surface area contributed by atoms with Crippen LogP contribution in [0.3, 0.4) is 0 Å². The van der Waals surface area contributed by atoms with Crippen molar-refractivity contribution in [2.45, 2.75) is 45.9 Å². The lowest BCUT2D eigenvalue weighted by Gasteiger charge is -2.35. The van der Waals surface area contributed by atoms with Crippen LogP contribution < -0.4 is 10.6 Å². The normalized spacial score (nSPS) is 17.4. The third kappa shape index (κ3) is 5.20. The minimum absolute atomic E-state index is 0.252. The monoisotopic (exact) mass is 549 g/mol. The summed E-state index contributed by atoms with van der Waals surface area (Å²) in [6, 6.07) is 2.18. The second kappa shape index (κ2) is 10.2. The van der Waals surface area contributed by atoms with Crippen molar-refractivity contribution in [2.75, 3.05) is 4.90 Å². The van der Waals surface area contributed by atoms with E-state index in [-0.39, 0.29) is 10.8 Å². The number of aromatic nitrogens is 3. The number of anilines is 1. The molecule has 3 aromatic rings. The van der Waals surface area contributed by atoms with Gasteiger partial charge in [0.1, 0.15) is 33.9 Å². The molecule has 3 N–H and O–H groups in total. The average molecular weight is 550 g/mol. The van der Waals surface area contributed by atoms with Crippen molar-refractivity contribution in [3.63, 3.8) is 0 Å². The molecule has 37 heavy (non-hydrogen) atoms. The van der Waals surface area contributed by atoms with Gasteiger partial charge in [-0.15, -0.1) is 11.3 Å². The molecule has 0 saturated carbocycles. The molecule has 3 aromatic heterocycles. The van der Waals surface area contributed by atoms with E-state index in [2.05, 4.69) is 15.0 Å². The van der Waals surface area contributed by atoms with Gasteiger partial charge >= 0.3 is 0 Å². The smallest absolute Gasteiger partial charge is 0.229 e. The van der Waals surface area contributed by atoms with E-state index in [1.807, 2.05) is 0 Å². The number of primary amides is 1. The van der Waals surface area contributed by atoms with Gasteiger partial charge in [-0.2, -0.15) is 0 Å². The molecule has 194 valence electrons. The van der Waals surface area contributed by atoms with E-state index in [1.165, 1.54) is 22.3 Å². The predicted molar refractivity (Wildman–Crippen MR) is 136 cm³/mol. The summed E-state index contributed by atoms with van der Waals surface area (Å²) in [4.78, 5) is 25.8. The van der Waals surface area contributed by atoms with Crippen molar-refractivity contribution in [2.24, 2.45) is 5.73 Å². The van der Waals surface area contributed by atoms with Crippen molar-refractivity contribution in [1.29, 1.82) is 0 Å². The number of carbonyl (C=O) groups excluding carboxylic acids is 1. The molecule has 0 radical (unpaired) electrons. The zero-order valence-corrected chi connectivity index (χ0v) is 21.8. The number of ether oxygens (including phenoxy) is 1. The molecule has 1 aliphatic rings. The maximum Gasteiger partial charge on any atom is 0.229 e. The Morgan fingerprint density at radius 2 is 2.03 bits per heavy atom. The molecule has 8 nitrogen and oxygen atoms in total. The van der Waals surface area contributed by atoms with E-state index in [1.54, 1.807) is 45.3 Å². The first-order valence-electron chi connectivity index (χ1n) is 11.9. The summed E-state index contributed by atoms with van der Waals surface area (Å²) >= 11 is 7.67. The van der Waals surface area contributed by atoms with Gasteiger partial charge < -0.3 is 20.5 Å². The van der Waals surface area contributed by atoms with Crippen LogP contribution in [0.25, 0.3) is 11.4 Å². The molecule has 12 heteroatoms. The van der Waals surface area contributed by atoms with E-state index >= 15 is 0 Å². The van der Waals surface area contributed by atoms with E-state index in [0.717, 1.165) is 0 Å². The Morgan fingerprint density at radius 1 is 1.30 bits per heavy atom. The van der Waals surface area contributed by atoms with E-state index in [9.17, 15) is 18.7 Å². The lowest BCUT2D eigenvalue weighted by molar-refractivity contribution is -0.122. The standard InChI is InChI=1S/C25H24ClF2N5O3S/c1-12-8-30-16(18-11-37-24(32-18)25(3,4)23(29)35)7-19(12)33-13(2)5-20(21(26)22(33)34)36-10-17-15(28)6-14(27)9-31-17/h5-9,11,22,34H,10H2,1-4H3,(H2,29,35)/i10D2. The number of nitrogens with zero attached hydrogens (tertiary/aromatic N) is 4. The summed E-state index contributed by atoms with van der Waals surface area (Å²) in [7, 11) is 0. The average Bonchev–Trinajstić information content (AvgIpc) is 3.34. The van der Waals surface area contributed by atoms with Gasteiger partial charge in [-0.05, 0) is 39.3 Å². The van der Waals surface area contributed by atoms with Gasteiger partial charge in [0.25, 0.3) is 0 Å². The molecule has 0 aliphatic carbocycles. The van der Waals surface area contributed by atoms with Crippen LogP contribution >= 0.6 is 22.9 Å². The third-order valence-electron chi connectivity index (χ3n) is 5.74. The molecule has 0 fully saturated rings. The Bertz CT molecular complexity index is 1530. The maximum atomic E-state index is 14.2. The summed E-state index contributed by atoms with van der Waals surface area (Å²) in [6.07, 6.45) is 2.14. The highest BCUT2D eigenvalue weighted by Crippen LogP contribution is 2.37. The Labute approximate surface area is 223 Å². The Balaban J connectivity index is 1.66. The number of nitrogens with two attached hydrogens (primary N) is 1. The highest BCUT2D eigenvalue weighted by Gasteiger charge is 2.32. The minimum atomic E-state index is -2.83. The quantitative estimate of drug-likeness (QED) is 0.440. The number of aliphatic hydroxyl groups excluding tert-OH is 1. The number of amides is 1. The Kier molecular flexibility index (Phi) is 6.58. The van der Waals surface area contributed by atoms with Crippen LogP contribution in [0.15, 0.2) is 52.5 Å². The van der Waals surface area contributed by atoms with E-state index in [0.29, 0.717) is 45.6 Å². The molecule has 4 rings (SSSR count). The van der Waals surface area contributed by atoms with Crippen LogP contribution in [-0.4, -0.2) is 32.2 Å². The van der Waals surface area contributed by atoms with E-state index in [4.69, 9.17) is 24.8 Å². The molecule has 1 amide bonds. The summed E-state index contributed by atoms with van der Waals surface area (Å²) in [6.45, 7) is 3.95. The van der Waals surface area contributed by atoms with Crippen LogP contribution in [0.1, 0.15) is 39.8 Å². The molecule has 1 unspecified atom stereocenters. The summed E-state index contributed by atoms with van der Waals surface area (Å²) in [5.41, 5.74) is 6.36. The van der Waals surface area contributed by atoms with Crippen molar-refractivity contribution in [1.82, 2.24) is 15.0 Å². The highest BCUT2D eigenvalue weighted by molar-refractivity contribution is 7.10. The second-order valence-corrected chi connectivity index (χ2v) is 10.1. The van der Waals surface area contributed by atoms with Gasteiger partial charge in [-0.25, -0.2) is 13.8 Å². The Morgan fingerprint density at radius 3 is 2.70 bits per heavy atom. The van der Waals surface area contributed by atoms with Gasteiger partial charge in [-0.1, -0.05) is 11.6 Å². The van der Waals surface area contributed by atoms with Gasteiger partial charge in [0.2, 0.25) is 5.91 Å². The van der Waals surface area contributed by atoms with Gasteiger partial charge in [0, 0.05) is 29.4 Å². The molecule has 4 heterocycles. The van der Waals surface area contributed by atoms with Crippen molar-refractivity contribution >= 4 is 34.5 Å². The lowest BCUT2D eigenvalue weighted by atomic mass is 9.94. The van der Waals surface area contributed by atoms with Crippen LogP contribution in [0, 0.1) is 18.6 Å². The number of pyridine rings is 2. The van der Waals surface area contributed by atoms with Crippen LogP contribution in [0.4, 0.5) is 14.5 Å². The van der Waals surface area contributed by atoms with Crippen molar-refractivity contribution in [3.8, 4) is 11.4 Å². The van der Waals surface area contributed by atoms with E-state index < -0.39 is 41.4 Å². The first kappa shape index (κ1) is 24.0. The van der Waals surface area contributed by atoms with Crippen molar-refractivity contribution < 1.29 is 26.2 Å². The van der Waals surface area contributed by atoms with Crippen LogP contribution in [-0.2, 0) is 21.5 Å². The number of aliphatic hydroxyl groups is 1. The summed E-state index contributed by atoms with van der Waals surface area (Å²) in [5, 5.41) is 13.1. The third-order valence-corrected chi connectivity index (χ3v) is 7.29. The zero-order chi connectivity index (χ0) is 28.9. The molecule has 1 aliphatic heterocycles. The topological polar surface area (TPSA) is 114 Å². The van der Waals surface area contributed by atoms with Crippen molar-refractivity contribution in [3.05, 3.63) is 80.4 Å². The van der Waals surface area contributed by atoms with Gasteiger partial charge in [-0.3, -0.25) is 14.8 Å². The van der Waals surface area contributed by atoms with Crippen LogP contribution in [0.2, 0.25) is 0 Å². The fourth-order valence-electron chi connectivity index (χ4n) is 3.45. The van der Waals surface area contributed by atoms with Crippen LogP contribution in [0.5, 0.6) is 0 Å². The molecule has 0 aromatic carbocycles. The summed E-state index contributed by atoms with van der Waals surface area (Å²) in [5.74, 6) is -2.97. The molecule has 0 saturated heterocycles. The number of rotatable bonds is 7. The second-order valence-electron chi connectivity index (χ2n) is 8.81. The fraction of sp³-hybridized carbons (Fsp3) is 0.280. The molecule has 0 spiro atoms. The number of hydrogen-bond acceptors (Lipinski definition) is 8. The lowest BCUT2D eigenvalue weighted by Crippen LogP contribution is -2.37. The number of hydrogen-bond donors (Lipinski definition) is 2. The molecular weight excluding hydrogens is 524 g/mol. The molecular formula is C25H24ClF2N5O3S. The maximum absolute atomic E-state index is 14.2. The van der Waals surface area contributed by atoms with Gasteiger partial charge in [0.05, 0.1) is 31.4 Å². The number of halogens is 3. The SMILES string of the molecule is [2H]C([2H])(OC1=C(Cl)C(O)N(c2cc(-c3csc(C(C)(C)C(N)=O)n3)ncc2C)C(C)=C1)c1ncc(F)cc1F. The largest absolute Gasteiger partial charge is 0.486 e. The minimum Gasteiger partial charge on any atom is -0.486 e. The summed E-state index contributed by atoms with van der Waals surface area (Å²) < 4.78 is 49.0. The fourth-order valence-corrected chi connectivity index (χ4v) is 4.58. The number of allylic oxidation sites excluding steroid dienone is 2. The number of aryl methyl sites for hydroxylation is 1. The molecule has 1 atom stereocenters. The Hall–Kier alpha value is -3.41. The predicted octanol–water partition coefficient (Wildman–Crippen LogP) is 4.66.